The van der Waals surface area contributed by atoms with Gasteiger partial charge >= 0.3 is 0 Å². The van der Waals surface area contributed by atoms with Gasteiger partial charge in [-0.3, -0.25) is 4.98 Å². The molecule has 21 heavy (non-hydrogen) atoms. The summed E-state index contributed by atoms with van der Waals surface area (Å²) in [5.41, 5.74) is 7.24. The van der Waals surface area contributed by atoms with Crippen LogP contribution in [0.15, 0.2) is 48.0 Å². The molecule has 0 aliphatic carbocycles. The van der Waals surface area contributed by atoms with Crippen molar-refractivity contribution in [1.82, 2.24) is 4.98 Å². The Balaban J connectivity index is 1.76. The highest BCUT2D eigenvalue weighted by molar-refractivity contribution is 7.10. The van der Waals surface area contributed by atoms with E-state index < -0.39 is 0 Å². The molecule has 2 N–H and O–H groups in total. The molecule has 2 heterocycles. The number of thiophene rings is 1. The number of nitrogens with two attached hydrogens (primary N) is 1. The van der Waals surface area contributed by atoms with Gasteiger partial charge in [-0.05, 0) is 18.2 Å². The van der Waals surface area contributed by atoms with E-state index in [-0.39, 0.29) is 0 Å². The molecule has 3 aromatic rings. The van der Waals surface area contributed by atoms with Gasteiger partial charge in [0.05, 0.1) is 6.54 Å². The average molecular weight is 294 g/mol. The van der Waals surface area contributed by atoms with Crippen molar-refractivity contribution in [2.75, 3.05) is 6.54 Å². The van der Waals surface area contributed by atoms with Crippen LogP contribution in [0.25, 0.3) is 10.9 Å². The van der Waals surface area contributed by atoms with E-state index in [4.69, 9.17) is 10.5 Å². The maximum absolute atomic E-state index is 5.90. The molecule has 1 aromatic carbocycles. The van der Waals surface area contributed by atoms with Crippen molar-refractivity contribution < 1.29 is 4.74 Å². The van der Waals surface area contributed by atoms with Crippen LogP contribution >= 0.6 is 11.3 Å². The molecule has 0 saturated carbocycles. The second-order valence-electron chi connectivity index (χ2n) is 4.43. The zero-order valence-electron chi connectivity index (χ0n) is 11.4. The normalized spacial score (nSPS) is 10.1. The van der Waals surface area contributed by atoms with Gasteiger partial charge in [0.15, 0.2) is 0 Å². The molecule has 3 nitrogen and oxygen atoms in total. The lowest BCUT2D eigenvalue weighted by Crippen LogP contribution is -1.94. The van der Waals surface area contributed by atoms with Crippen LogP contribution in [0.3, 0.4) is 0 Å². The second kappa shape index (κ2) is 6.40. The molecule has 104 valence electrons. The third-order valence-electron chi connectivity index (χ3n) is 2.95. The SMILES string of the molecule is NCC#Cc1csc(COc2cccc3cccnc23)c1. The van der Waals surface area contributed by atoms with Gasteiger partial charge in [-0.1, -0.05) is 30.0 Å². The molecule has 0 unspecified atom stereocenters. The fourth-order valence-electron chi connectivity index (χ4n) is 2.02. The Morgan fingerprint density at radius 1 is 1.24 bits per heavy atom. The van der Waals surface area contributed by atoms with E-state index in [1.54, 1.807) is 17.5 Å². The third-order valence-corrected chi connectivity index (χ3v) is 3.86. The number of benzene rings is 1. The van der Waals surface area contributed by atoms with E-state index in [1.165, 1.54) is 0 Å². The van der Waals surface area contributed by atoms with Crippen LogP contribution in [-0.4, -0.2) is 11.5 Å². The van der Waals surface area contributed by atoms with Crippen LogP contribution in [0.1, 0.15) is 10.4 Å². The van der Waals surface area contributed by atoms with E-state index in [2.05, 4.69) is 16.8 Å². The number of nitrogens with zero attached hydrogens (tertiary/aromatic N) is 1. The quantitative estimate of drug-likeness (QED) is 0.755. The highest BCUT2D eigenvalue weighted by Crippen LogP contribution is 2.24. The number of hydrogen-bond acceptors (Lipinski definition) is 4. The van der Waals surface area contributed by atoms with E-state index >= 15 is 0 Å². The summed E-state index contributed by atoms with van der Waals surface area (Å²) in [7, 11) is 0. The third kappa shape index (κ3) is 3.22. The van der Waals surface area contributed by atoms with Crippen molar-refractivity contribution in [1.29, 1.82) is 0 Å². The number of aromatic nitrogens is 1. The van der Waals surface area contributed by atoms with Gasteiger partial charge < -0.3 is 10.5 Å². The smallest absolute Gasteiger partial charge is 0.146 e. The Morgan fingerprint density at radius 3 is 3.05 bits per heavy atom. The molecule has 0 aliphatic rings. The fraction of sp³-hybridized carbons (Fsp3) is 0.118. The lowest BCUT2D eigenvalue weighted by atomic mass is 10.2. The highest BCUT2D eigenvalue weighted by atomic mass is 32.1. The minimum absolute atomic E-state index is 0.378. The number of para-hydroxylation sites is 1. The van der Waals surface area contributed by atoms with Crippen LogP contribution in [-0.2, 0) is 6.61 Å². The van der Waals surface area contributed by atoms with Gasteiger partial charge in [-0.25, -0.2) is 0 Å². The largest absolute Gasteiger partial charge is 0.486 e. The Kier molecular flexibility index (Phi) is 4.15. The summed E-state index contributed by atoms with van der Waals surface area (Å²) in [6.45, 7) is 0.897. The summed E-state index contributed by atoms with van der Waals surface area (Å²) in [4.78, 5) is 5.51. The van der Waals surface area contributed by atoms with Crippen LogP contribution in [0.5, 0.6) is 5.75 Å². The first-order valence-corrected chi connectivity index (χ1v) is 7.47. The topological polar surface area (TPSA) is 48.1 Å². The van der Waals surface area contributed by atoms with Crippen molar-refractivity contribution in [3.63, 3.8) is 0 Å². The summed E-state index contributed by atoms with van der Waals surface area (Å²) in [6.07, 6.45) is 1.78. The first kappa shape index (κ1) is 13.6. The number of rotatable bonds is 3. The van der Waals surface area contributed by atoms with Crippen LogP contribution in [0, 0.1) is 11.8 Å². The zero-order valence-corrected chi connectivity index (χ0v) is 12.2. The number of hydrogen-bond donors (Lipinski definition) is 1. The molecule has 4 heteroatoms. The molecule has 0 aliphatic heterocycles. The summed E-state index contributed by atoms with van der Waals surface area (Å²) in [6, 6.07) is 11.9. The average Bonchev–Trinajstić information content (AvgIpc) is 2.99. The van der Waals surface area contributed by atoms with Gasteiger partial charge in [-0.2, -0.15) is 0 Å². The minimum atomic E-state index is 0.378. The number of fused-ring (bicyclic) bond motifs is 1. The standard InChI is InChI=1S/C17H14N2OS/c18-8-2-4-13-10-15(21-12-13)11-20-16-7-1-5-14-6-3-9-19-17(14)16/h1,3,5-7,9-10,12H,8,11,18H2. The molecule has 0 radical (unpaired) electrons. The van der Waals surface area contributed by atoms with Crippen molar-refractivity contribution in [3.8, 4) is 17.6 Å². The Morgan fingerprint density at radius 2 is 2.14 bits per heavy atom. The van der Waals surface area contributed by atoms with Gasteiger partial charge in [0, 0.05) is 27.4 Å². The molecular weight excluding hydrogens is 280 g/mol. The van der Waals surface area contributed by atoms with Crippen LogP contribution in [0.4, 0.5) is 0 Å². The van der Waals surface area contributed by atoms with E-state index in [9.17, 15) is 0 Å². The van der Waals surface area contributed by atoms with Crippen molar-refractivity contribution in [2.45, 2.75) is 6.61 Å². The maximum Gasteiger partial charge on any atom is 0.146 e. The maximum atomic E-state index is 5.90. The second-order valence-corrected chi connectivity index (χ2v) is 5.42. The predicted molar refractivity (Wildman–Crippen MR) is 86.3 cm³/mol. The highest BCUT2D eigenvalue weighted by Gasteiger charge is 2.04. The minimum Gasteiger partial charge on any atom is -0.486 e. The van der Waals surface area contributed by atoms with Gasteiger partial charge in [0.1, 0.15) is 17.9 Å². The van der Waals surface area contributed by atoms with Crippen LogP contribution < -0.4 is 10.5 Å². The number of pyridine rings is 1. The zero-order chi connectivity index (χ0) is 14.5. The Labute approximate surface area is 127 Å². The predicted octanol–water partition coefficient (Wildman–Crippen LogP) is 3.19. The van der Waals surface area contributed by atoms with Gasteiger partial charge in [-0.15, -0.1) is 11.3 Å². The van der Waals surface area contributed by atoms with Gasteiger partial charge in [0.25, 0.3) is 0 Å². The van der Waals surface area contributed by atoms with E-state index in [1.807, 2.05) is 41.8 Å². The first-order chi connectivity index (χ1) is 10.4. The van der Waals surface area contributed by atoms with E-state index in [0.29, 0.717) is 13.2 Å². The molecule has 0 bridgehead atoms. The molecule has 0 fully saturated rings. The molecule has 0 spiro atoms. The van der Waals surface area contributed by atoms with Crippen molar-refractivity contribution in [3.05, 3.63) is 58.4 Å². The molecule has 2 aromatic heterocycles. The Hall–Kier alpha value is -2.35. The lowest BCUT2D eigenvalue weighted by Gasteiger charge is -2.07. The summed E-state index contributed by atoms with van der Waals surface area (Å²) < 4.78 is 5.90. The summed E-state index contributed by atoms with van der Waals surface area (Å²) in [5.74, 6) is 6.67. The summed E-state index contributed by atoms with van der Waals surface area (Å²) in [5, 5.41) is 3.10. The van der Waals surface area contributed by atoms with Crippen molar-refractivity contribution >= 4 is 22.2 Å². The van der Waals surface area contributed by atoms with E-state index in [0.717, 1.165) is 27.1 Å². The van der Waals surface area contributed by atoms with Crippen LogP contribution in [0.2, 0.25) is 0 Å². The van der Waals surface area contributed by atoms with Crippen molar-refractivity contribution in [2.24, 2.45) is 5.73 Å². The monoisotopic (exact) mass is 294 g/mol. The molecule has 3 rings (SSSR count). The molecule has 0 atom stereocenters. The lowest BCUT2D eigenvalue weighted by molar-refractivity contribution is 0.313. The molecule has 0 amide bonds. The first-order valence-electron chi connectivity index (χ1n) is 6.60. The molecular formula is C17H14N2OS. The number of ether oxygens (including phenoxy) is 1. The molecule has 0 saturated heterocycles. The fourth-order valence-corrected chi connectivity index (χ4v) is 2.74. The Bertz CT molecular complexity index is 809. The summed E-state index contributed by atoms with van der Waals surface area (Å²) >= 11 is 1.64. The van der Waals surface area contributed by atoms with Gasteiger partial charge in [0.2, 0.25) is 0 Å².